The van der Waals surface area contributed by atoms with Crippen molar-refractivity contribution in [2.45, 2.75) is 0 Å². The second-order valence-corrected chi connectivity index (χ2v) is 4.88. The molecule has 0 aliphatic rings. The maximum atomic E-state index is 11.0. The zero-order valence-corrected chi connectivity index (χ0v) is 12.1. The van der Waals surface area contributed by atoms with Crippen LogP contribution in [0.3, 0.4) is 0 Å². The van der Waals surface area contributed by atoms with Gasteiger partial charge in [-0.2, -0.15) is 0 Å². The van der Waals surface area contributed by atoms with Crippen molar-refractivity contribution in [3.8, 4) is 5.75 Å². The van der Waals surface area contributed by atoms with Crippen LogP contribution in [-0.2, 0) is 0 Å². The lowest BCUT2D eigenvalue weighted by Gasteiger charge is -2.09. The van der Waals surface area contributed by atoms with Crippen LogP contribution in [0.15, 0.2) is 34.9 Å². The fourth-order valence-corrected chi connectivity index (χ4v) is 2.09. The molecule has 0 atom stereocenters. The van der Waals surface area contributed by atoms with E-state index < -0.39 is 5.97 Å². The fraction of sp³-hybridized carbons (Fsp3) is 0.0769. The first-order chi connectivity index (χ1) is 9.49. The Morgan fingerprint density at radius 1 is 1.40 bits per heavy atom. The van der Waals surface area contributed by atoms with Crippen molar-refractivity contribution in [1.82, 2.24) is 4.98 Å². The number of anilines is 3. The molecule has 1 aromatic heterocycles. The van der Waals surface area contributed by atoms with Crippen LogP contribution in [0.1, 0.15) is 10.4 Å². The number of hydrogen-bond acceptors (Lipinski definition) is 5. The van der Waals surface area contributed by atoms with Gasteiger partial charge >= 0.3 is 5.97 Å². The van der Waals surface area contributed by atoms with Crippen LogP contribution in [0.5, 0.6) is 5.75 Å². The summed E-state index contributed by atoms with van der Waals surface area (Å²) in [5.74, 6) is -0.0488. The molecule has 6 nitrogen and oxygen atoms in total. The van der Waals surface area contributed by atoms with E-state index in [-0.39, 0.29) is 11.3 Å². The average Bonchev–Trinajstić information content (AvgIpc) is 2.40. The molecule has 20 heavy (non-hydrogen) atoms. The first-order valence-electron chi connectivity index (χ1n) is 5.60. The van der Waals surface area contributed by atoms with Gasteiger partial charge in [-0.15, -0.1) is 0 Å². The summed E-state index contributed by atoms with van der Waals surface area (Å²) in [6.07, 6.45) is 1.31. The van der Waals surface area contributed by atoms with Crippen LogP contribution in [-0.4, -0.2) is 23.2 Å². The Balaban J connectivity index is 2.32. The molecule has 2 aromatic rings. The summed E-state index contributed by atoms with van der Waals surface area (Å²) in [5, 5.41) is 12.0. The van der Waals surface area contributed by atoms with Crippen molar-refractivity contribution in [1.29, 1.82) is 0 Å². The first kappa shape index (κ1) is 14.1. The van der Waals surface area contributed by atoms with E-state index in [1.54, 1.807) is 13.2 Å². The summed E-state index contributed by atoms with van der Waals surface area (Å²) in [6, 6.07) is 6.78. The predicted octanol–water partition coefficient (Wildman–Crippen LogP) is 2.88. The van der Waals surface area contributed by atoms with Crippen LogP contribution in [0.2, 0.25) is 0 Å². The number of methoxy groups -OCH3 is 1. The topological polar surface area (TPSA) is 97.5 Å². The summed E-state index contributed by atoms with van der Waals surface area (Å²) in [6.45, 7) is 0. The maximum Gasteiger partial charge on any atom is 0.337 e. The van der Waals surface area contributed by atoms with Crippen molar-refractivity contribution in [3.05, 3.63) is 40.5 Å². The second kappa shape index (κ2) is 5.79. The Hall–Kier alpha value is -2.28. The minimum Gasteiger partial charge on any atom is -0.497 e. The zero-order valence-electron chi connectivity index (χ0n) is 10.6. The number of carbonyl (C=O) groups is 1. The number of nitrogens with one attached hydrogen (secondary N) is 1. The number of benzene rings is 1. The summed E-state index contributed by atoms with van der Waals surface area (Å²) >= 11 is 3.36. The van der Waals surface area contributed by atoms with Crippen LogP contribution in [0.4, 0.5) is 17.2 Å². The molecule has 7 heteroatoms. The molecule has 0 radical (unpaired) electrons. The van der Waals surface area contributed by atoms with Crippen LogP contribution >= 0.6 is 15.9 Å². The molecular formula is C13H12BrN3O3. The third kappa shape index (κ3) is 3.18. The second-order valence-electron chi connectivity index (χ2n) is 3.97. The normalized spacial score (nSPS) is 10.1. The molecule has 1 aromatic carbocycles. The van der Waals surface area contributed by atoms with Gasteiger partial charge in [0, 0.05) is 16.2 Å². The molecule has 0 bridgehead atoms. The number of carboxylic acid groups (broad SMARTS) is 1. The molecule has 104 valence electrons. The number of hydrogen-bond donors (Lipinski definition) is 3. The average molecular weight is 338 g/mol. The van der Waals surface area contributed by atoms with Crippen LogP contribution in [0, 0.1) is 0 Å². The van der Waals surface area contributed by atoms with Gasteiger partial charge in [0.1, 0.15) is 11.6 Å². The van der Waals surface area contributed by atoms with E-state index in [1.807, 2.05) is 12.1 Å². The minimum atomic E-state index is -1.10. The number of carboxylic acids is 1. The third-order valence-corrected chi connectivity index (χ3v) is 3.00. The van der Waals surface area contributed by atoms with Gasteiger partial charge in [-0.3, -0.25) is 0 Å². The fourth-order valence-electron chi connectivity index (χ4n) is 1.62. The van der Waals surface area contributed by atoms with Gasteiger partial charge in [0.2, 0.25) is 0 Å². The van der Waals surface area contributed by atoms with Gasteiger partial charge in [0.25, 0.3) is 0 Å². The minimum absolute atomic E-state index is 0.00413. The van der Waals surface area contributed by atoms with E-state index in [1.165, 1.54) is 12.3 Å². The quantitative estimate of drug-likeness (QED) is 0.793. The van der Waals surface area contributed by atoms with Gasteiger partial charge < -0.3 is 20.9 Å². The lowest BCUT2D eigenvalue weighted by Crippen LogP contribution is -2.05. The van der Waals surface area contributed by atoms with Gasteiger partial charge in [0.15, 0.2) is 0 Å². The molecule has 0 fully saturated rings. The number of aromatic nitrogens is 1. The van der Waals surface area contributed by atoms with Gasteiger partial charge in [0.05, 0.1) is 24.6 Å². The molecule has 0 aliphatic heterocycles. The summed E-state index contributed by atoms with van der Waals surface area (Å²) in [7, 11) is 1.57. The number of rotatable bonds is 4. The van der Waals surface area contributed by atoms with Crippen molar-refractivity contribution in [2.24, 2.45) is 0 Å². The standard InChI is InChI=1S/C13H12BrN3O3/c1-20-9-3-7(14)2-8(4-9)17-12-5-10(13(18)19)11(15)6-16-12/h2-6H,15H2,1H3,(H,16,17)(H,18,19). The summed E-state index contributed by atoms with van der Waals surface area (Å²) in [4.78, 5) is 15.1. The summed E-state index contributed by atoms with van der Waals surface area (Å²) < 4.78 is 5.98. The number of aromatic carboxylic acids is 1. The zero-order chi connectivity index (χ0) is 14.7. The molecule has 0 spiro atoms. The molecule has 0 amide bonds. The van der Waals surface area contributed by atoms with Crippen LogP contribution in [0.25, 0.3) is 0 Å². The Bertz CT molecular complexity index is 661. The Kier molecular flexibility index (Phi) is 4.09. The lowest BCUT2D eigenvalue weighted by atomic mass is 10.2. The highest BCUT2D eigenvalue weighted by atomic mass is 79.9. The molecule has 0 aliphatic carbocycles. The first-order valence-corrected chi connectivity index (χ1v) is 6.39. The number of nitrogen functional groups attached to an aromatic ring is 1. The molecule has 1 heterocycles. The van der Waals surface area contributed by atoms with E-state index >= 15 is 0 Å². The largest absolute Gasteiger partial charge is 0.497 e. The SMILES string of the molecule is COc1cc(Br)cc(Nc2cc(C(=O)O)c(N)cn2)c1. The number of pyridine rings is 1. The monoisotopic (exact) mass is 337 g/mol. The van der Waals surface area contributed by atoms with Gasteiger partial charge in [-0.25, -0.2) is 9.78 Å². The van der Waals surface area contributed by atoms with Gasteiger partial charge in [-0.1, -0.05) is 15.9 Å². The van der Waals surface area contributed by atoms with E-state index in [9.17, 15) is 4.79 Å². The number of halogens is 1. The molecule has 0 saturated carbocycles. The van der Waals surface area contributed by atoms with E-state index in [0.717, 1.165) is 4.47 Å². The number of nitrogens with two attached hydrogens (primary N) is 1. The van der Waals surface area contributed by atoms with E-state index in [2.05, 4.69) is 26.2 Å². The Morgan fingerprint density at radius 3 is 2.80 bits per heavy atom. The number of nitrogens with zero attached hydrogens (tertiary/aromatic N) is 1. The molecule has 0 saturated heterocycles. The van der Waals surface area contributed by atoms with E-state index in [0.29, 0.717) is 17.3 Å². The van der Waals surface area contributed by atoms with Crippen molar-refractivity contribution in [3.63, 3.8) is 0 Å². The highest BCUT2D eigenvalue weighted by Crippen LogP contribution is 2.27. The predicted molar refractivity (Wildman–Crippen MR) is 79.6 cm³/mol. The lowest BCUT2D eigenvalue weighted by molar-refractivity contribution is 0.0698. The third-order valence-electron chi connectivity index (χ3n) is 2.54. The van der Waals surface area contributed by atoms with Crippen molar-refractivity contribution in [2.75, 3.05) is 18.2 Å². The molecule has 2 rings (SSSR count). The molecular weight excluding hydrogens is 326 g/mol. The highest BCUT2D eigenvalue weighted by molar-refractivity contribution is 9.10. The smallest absolute Gasteiger partial charge is 0.337 e. The van der Waals surface area contributed by atoms with Crippen molar-refractivity contribution >= 4 is 39.1 Å². The Morgan fingerprint density at radius 2 is 2.15 bits per heavy atom. The molecule has 4 N–H and O–H groups in total. The van der Waals surface area contributed by atoms with Gasteiger partial charge in [-0.05, 0) is 18.2 Å². The van der Waals surface area contributed by atoms with E-state index in [4.69, 9.17) is 15.6 Å². The summed E-state index contributed by atoms with van der Waals surface area (Å²) in [5.41, 5.74) is 6.39. The Labute approximate surface area is 123 Å². The molecule has 0 unspecified atom stereocenters. The maximum absolute atomic E-state index is 11.0. The van der Waals surface area contributed by atoms with Crippen LogP contribution < -0.4 is 15.8 Å². The van der Waals surface area contributed by atoms with Crippen molar-refractivity contribution < 1.29 is 14.6 Å². The number of ether oxygens (including phenoxy) is 1. The highest BCUT2D eigenvalue weighted by Gasteiger charge is 2.10.